The first-order valence-corrected chi connectivity index (χ1v) is 8.21. The molecule has 0 spiro atoms. The highest BCUT2D eigenvalue weighted by atomic mass is 14.1. The van der Waals surface area contributed by atoms with E-state index in [0.29, 0.717) is 0 Å². The van der Waals surface area contributed by atoms with E-state index in [0.717, 1.165) is 12.0 Å². The third-order valence-electron chi connectivity index (χ3n) is 3.73. The van der Waals surface area contributed by atoms with E-state index >= 15 is 0 Å². The minimum absolute atomic E-state index is 0.0171. The first-order valence-electron chi connectivity index (χ1n) is 8.21. The standard InChI is InChI=1S/C24H24/c1-5-21(17-20(4)16-19(2)3)18-24(22-12-8-6-9-13-22)23-14-10-7-11-15-23/h1,6-16,18,21H,4,17H2,2-3H3. The maximum absolute atomic E-state index is 5.80. The van der Waals surface area contributed by atoms with E-state index in [2.05, 4.69) is 87.0 Å². The molecular weight excluding hydrogens is 288 g/mol. The van der Waals surface area contributed by atoms with Crippen molar-refractivity contribution in [2.45, 2.75) is 20.3 Å². The molecule has 0 aromatic heterocycles. The second kappa shape index (κ2) is 8.75. The maximum atomic E-state index is 5.80. The summed E-state index contributed by atoms with van der Waals surface area (Å²) < 4.78 is 0. The molecule has 0 amide bonds. The Morgan fingerprint density at radius 3 is 1.92 bits per heavy atom. The normalized spacial score (nSPS) is 11.0. The number of terminal acetylenes is 1. The summed E-state index contributed by atoms with van der Waals surface area (Å²) in [4.78, 5) is 0. The Kier molecular flexibility index (Phi) is 6.41. The smallest absolute Gasteiger partial charge is 0.0429 e. The second-order valence-corrected chi connectivity index (χ2v) is 6.17. The fraction of sp³-hybridized carbons (Fsp3) is 0.167. The van der Waals surface area contributed by atoms with Crippen molar-refractivity contribution in [2.24, 2.45) is 5.92 Å². The third-order valence-corrected chi connectivity index (χ3v) is 3.73. The molecular formula is C24H24. The SMILES string of the molecule is C#CC(C=C(c1ccccc1)c1ccccc1)CC(=C)C=C(C)C. The van der Waals surface area contributed by atoms with Crippen molar-refractivity contribution in [3.05, 3.63) is 102 Å². The molecule has 0 heterocycles. The zero-order valence-electron chi connectivity index (χ0n) is 14.5. The highest BCUT2D eigenvalue weighted by molar-refractivity contribution is 5.80. The van der Waals surface area contributed by atoms with Crippen LogP contribution in [-0.4, -0.2) is 0 Å². The van der Waals surface area contributed by atoms with E-state index < -0.39 is 0 Å². The lowest BCUT2D eigenvalue weighted by molar-refractivity contribution is 0.840. The van der Waals surface area contributed by atoms with Crippen molar-refractivity contribution < 1.29 is 0 Å². The highest BCUT2D eigenvalue weighted by Gasteiger charge is 2.09. The zero-order chi connectivity index (χ0) is 17.4. The van der Waals surface area contributed by atoms with Crippen LogP contribution in [0.1, 0.15) is 31.4 Å². The van der Waals surface area contributed by atoms with Crippen LogP contribution >= 0.6 is 0 Å². The van der Waals surface area contributed by atoms with Crippen molar-refractivity contribution in [3.8, 4) is 12.3 Å². The van der Waals surface area contributed by atoms with E-state index in [1.165, 1.54) is 22.3 Å². The van der Waals surface area contributed by atoms with Crippen molar-refractivity contribution in [3.63, 3.8) is 0 Å². The second-order valence-electron chi connectivity index (χ2n) is 6.17. The number of hydrogen-bond acceptors (Lipinski definition) is 0. The first-order chi connectivity index (χ1) is 11.6. The van der Waals surface area contributed by atoms with Crippen LogP contribution in [-0.2, 0) is 0 Å². The summed E-state index contributed by atoms with van der Waals surface area (Å²) in [5.41, 5.74) is 5.83. The number of allylic oxidation sites excluding steroid dienone is 4. The first kappa shape index (κ1) is 17.6. The van der Waals surface area contributed by atoms with Gasteiger partial charge >= 0.3 is 0 Å². The van der Waals surface area contributed by atoms with Crippen molar-refractivity contribution in [1.29, 1.82) is 0 Å². The molecule has 0 fully saturated rings. The summed E-state index contributed by atoms with van der Waals surface area (Å²) in [6, 6.07) is 20.8. The van der Waals surface area contributed by atoms with Gasteiger partial charge in [-0.1, -0.05) is 96.5 Å². The Hall–Kier alpha value is -2.78. The number of hydrogen-bond donors (Lipinski definition) is 0. The lowest BCUT2D eigenvalue weighted by Gasteiger charge is -2.13. The summed E-state index contributed by atoms with van der Waals surface area (Å²) in [5.74, 6) is 2.93. The van der Waals surface area contributed by atoms with Gasteiger partial charge in [-0.25, -0.2) is 0 Å². The molecule has 1 unspecified atom stereocenters. The Morgan fingerprint density at radius 1 is 1.00 bits per heavy atom. The van der Waals surface area contributed by atoms with Gasteiger partial charge in [-0.15, -0.1) is 6.42 Å². The van der Waals surface area contributed by atoms with Gasteiger partial charge in [-0.05, 0) is 37.0 Å². The van der Waals surface area contributed by atoms with Gasteiger partial charge in [0, 0.05) is 5.92 Å². The third kappa shape index (κ3) is 5.14. The summed E-state index contributed by atoms with van der Waals surface area (Å²) in [6.45, 7) is 8.28. The lowest BCUT2D eigenvalue weighted by atomic mass is 9.91. The maximum Gasteiger partial charge on any atom is 0.0429 e. The lowest BCUT2D eigenvalue weighted by Crippen LogP contribution is -1.98. The Balaban J connectivity index is 2.39. The predicted molar refractivity (Wildman–Crippen MR) is 105 cm³/mol. The molecule has 2 aromatic carbocycles. The van der Waals surface area contributed by atoms with Crippen LogP contribution in [0.4, 0.5) is 0 Å². The molecule has 120 valence electrons. The molecule has 2 aromatic rings. The monoisotopic (exact) mass is 312 g/mol. The fourth-order valence-corrected chi connectivity index (χ4v) is 2.71. The quantitative estimate of drug-likeness (QED) is 0.435. The van der Waals surface area contributed by atoms with Gasteiger partial charge in [0.1, 0.15) is 0 Å². The van der Waals surface area contributed by atoms with Crippen LogP contribution < -0.4 is 0 Å². The Morgan fingerprint density at radius 2 is 1.50 bits per heavy atom. The van der Waals surface area contributed by atoms with Crippen molar-refractivity contribution >= 4 is 5.57 Å². The molecule has 0 aliphatic heterocycles. The van der Waals surface area contributed by atoms with Gasteiger partial charge in [0.25, 0.3) is 0 Å². The molecule has 0 N–H and O–H groups in total. The average Bonchev–Trinajstić information content (AvgIpc) is 2.59. The molecule has 0 aliphatic rings. The summed E-state index contributed by atoms with van der Waals surface area (Å²) >= 11 is 0. The number of rotatable bonds is 6. The van der Waals surface area contributed by atoms with Gasteiger partial charge in [0.05, 0.1) is 0 Å². The van der Waals surface area contributed by atoms with Gasteiger partial charge in [-0.3, -0.25) is 0 Å². The van der Waals surface area contributed by atoms with Crippen molar-refractivity contribution in [2.75, 3.05) is 0 Å². The molecule has 0 saturated heterocycles. The molecule has 0 bridgehead atoms. The molecule has 2 rings (SSSR count). The van der Waals surface area contributed by atoms with Crippen LogP contribution in [0.5, 0.6) is 0 Å². The summed E-state index contributed by atoms with van der Waals surface area (Å²) in [5, 5.41) is 0. The van der Waals surface area contributed by atoms with E-state index in [-0.39, 0.29) is 5.92 Å². The topological polar surface area (TPSA) is 0 Å². The molecule has 0 saturated carbocycles. The van der Waals surface area contributed by atoms with E-state index in [9.17, 15) is 0 Å². The van der Waals surface area contributed by atoms with E-state index in [1.54, 1.807) is 0 Å². The van der Waals surface area contributed by atoms with Gasteiger partial charge in [-0.2, -0.15) is 0 Å². The Bertz CT molecular complexity index is 722. The molecule has 1 atom stereocenters. The predicted octanol–water partition coefficient (Wildman–Crippen LogP) is 6.28. The minimum Gasteiger partial charge on any atom is -0.119 e. The van der Waals surface area contributed by atoms with Crippen molar-refractivity contribution in [1.82, 2.24) is 0 Å². The van der Waals surface area contributed by atoms with Gasteiger partial charge in [0.15, 0.2) is 0 Å². The fourth-order valence-electron chi connectivity index (χ4n) is 2.71. The molecule has 0 heteroatoms. The minimum atomic E-state index is 0.0171. The van der Waals surface area contributed by atoms with Gasteiger partial charge < -0.3 is 0 Å². The average molecular weight is 312 g/mol. The van der Waals surface area contributed by atoms with Crippen LogP contribution in [0.3, 0.4) is 0 Å². The van der Waals surface area contributed by atoms with E-state index in [4.69, 9.17) is 6.42 Å². The molecule has 0 aliphatic carbocycles. The van der Waals surface area contributed by atoms with Crippen LogP contribution in [0.2, 0.25) is 0 Å². The van der Waals surface area contributed by atoms with E-state index in [1.807, 2.05) is 12.1 Å². The molecule has 24 heavy (non-hydrogen) atoms. The zero-order valence-corrected chi connectivity index (χ0v) is 14.5. The highest BCUT2D eigenvalue weighted by Crippen LogP contribution is 2.26. The number of benzene rings is 2. The van der Waals surface area contributed by atoms with Crippen LogP contribution in [0.25, 0.3) is 5.57 Å². The summed E-state index contributed by atoms with van der Waals surface area (Å²) in [6.07, 6.45) is 10.9. The molecule has 0 radical (unpaired) electrons. The van der Waals surface area contributed by atoms with Crippen LogP contribution in [0, 0.1) is 18.3 Å². The molecule has 0 nitrogen and oxygen atoms in total. The van der Waals surface area contributed by atoms with Gasteiger partial charge in [0.2, 0.25) is 0 Å². The largest absolute Gasteiger partial charge is 0.119 e. The Labute approximate surface area is 146 Å². The van der Waals surface area contributed by atoms with Crippen LogP contribution in [0.15, 0.2) is 90.5 Å². The summed E-state index contributed by atoms with van der Waals surface area (Å²) in [7, 11) is 0.